The summed E-state index contributed by atoms with van der Waals surface area (Å²) in [6, 6.07) is 0. The van der Waals surface area contributed by atoms with Crippen molar-refractivity contribution in [2.75, 3.05) is 0 Å². The molecule has 0 bridgehead atoms. The Morgan fingerprint density at radius 2 is 1.83 bits per heavy atom. The van der Waals surface area contributed by atoms with Gasteiger partial charge in [0.25, 0.3) is 5.92 Å². The minimum Gasteiger partial charge on any atom is -0.381 e. The molecule has 0 unspecified atom stereocenters. The van der Waals surface area contributed by atoms with Gasteiger partial charge in [-0.1, -0.05) is 0 Å². The number of halogens is 5. The van der Waals surface area contributed by atoms with Gasteiger partial charge in [-0.25, -0.2) is 8.78 Å². The summed E-state index contributed by atoms with van der Waals surface area (Å²) < 4.78 is 87.2. The molecule has 0 aromatic heterocycles. The Morgan fingerprint density at radius 3 is 2.17 bits per heavy atom. The summed E-state index contributed by atoms with van der Waals surface area (Å²) in [6.45, 7) is 0. The first-order chi connectivity index (χ1) is 7.99. The first-order valence-electron chi connectivity index (χ1n) is 5.07. The number of alkyl halides is 5. The van der Waals surface area contributed by atoms with E-state index in [1.54, 1.807) is 0 Å². The third-order valence-electron chi connectivity index (χ3n) is 3.28. The van der Waals surface area contributed by atoms with E-state index in [4.69, 9.17) is 0 Å². The highest BCUT2D eigenvalue weighted by molar-refractivity contribution is 7.87. The quantitative estimate of drug-likeness (QED) is 0.446. The summed E-state index contributed by atoms with van der Waals surface area (Å²) in [5, 5.41) is 0. The predicted octanol–water partition coefficient (Wildman–Crippen LogP) is 2.95. The molecule has 18 heavy (non-hydrogen) atoms. The Balaban J connectivity index is 2.05. The molecule has 1 saturated carbocycles. The highest BCUT2D eigenvalue weighted by Gasteiger charge is 2.70. The van der Waals surface area contributed by atoms with Crippen LogP contribution in [0.1, 0.15) is 25.7 Å². The van der Waals surface area contributed by atoms with Gasteiger partial charge in [0.1, 0.15) is 5.76 Å². The molecule has 2 aliphatic rings. The molecular formula is C9H9F5O3S. The molecule has 0 heterocycles. The summed E-state index contributed by atoms with van der Waals surface area (Å²) in [5.74, 6) is -3.22. The largest absolute Gasteiger partial charge is 0.534 e. The van der Waals surface area contributed by atoms with Crippen LogP contribution in [0.5, 0.6) is 0 Å². The van der Waals surface area contributed by atoms with Gasteiger partial charge in [0.2, 0.25) is 0 Å². The van der Waals surface area contributed by atoms with Crippen LogP contribution in [-0.2, 0) is 14.3 Å². The van der Waals surface area contributed by atoms with Crippen LogP contribution < -0.4 is 0 Å². The molecule has 0 aromatic carbocycles. The van der Waals surface area contributed by atoms with E-state index in [0.29, 0.717) is 0 Å². The number of rotatable bonds is 2. The van der Waals surface area contributed by atoms with Crippen LogP contribution in [0.25, 0.3) is 0 Å². The molecule has 9 heteroatoms. The van der Waals surface area contributed by atoms with E-state index in [9.17, 15) is 30.4 Å². The Bertz CT molecular complexity index is 493. The van der Waals surface area contributed by atoms with Crippen molar-refractivity contribution in [2.24, 2.45) is 5.41 Å². The second kappa shape index (κ2) is 3.58. The van der Waals surface area contributed by atoms with Gasteiger partial charge < -0.3 is 4.18 Å². The Hall–Kier alpha value is -0.860. The normalized spacial score (nSPS) is 31.1. The highest BCUT2D eigenvalue weighted by Crippen LogP contribution is 2.67. The SMILES string of the molecule is O=S(=O)(OC1=CC[C@]2(CC1)CC2(F)F)C(F)(F)F. The van der Waals surface area contributed by atoms with Crippen molar-refractivity contribution in [2.45, 2.75) is 37.1 Å². The molecule has 2 aliphatic carbocycles. The Morgan fingerprint density at radius 1 is 1.28 bits per heavy atom. The third-order valence-corrected chi connectivity index (χ3v) is 4.28. The average Bonchev–Trinajstić information content (AvgIpc) is 2.70. The van der Waals surface area contributed by atoms with Crippen LogP contribution in [0.15, 0.2) is 11.8 Å². The van der Waals surface area contributed by atoms with Crippen LogP contribution in [0.4, 0.5) is 22.0 Å². The maximum Gasteiger partial charge on any atom is 0.534 e. The third kappa shape index (κ3) is 2.08. The zero-order chi connectivity index (χ0) is 13.8. The van der Waals surface area contributed by atoms with Crippen molar-refractivity contribution >= 4 is 10.1 Å². The molecule has 1 atom stereocenters. The van der Waals surface area contributed by atoms with E-state index in [1.807, 2.05) is 0 Å². The van der Waals surface area contributed by atoms with E-state index in [0.717, 1.165) is 6.08 Å². The fourth-order valence-corrected chi connectivity index (χ4v) is 2.54. The fourth-order valence-electron chi connectivity index (χ4n) is 2.01. The first kappa shape index (κ1) is 13.6. The molecule has 2 rings (SSSR count). The lowest BCUT2D eigenvalue weighted by Gasteiger charge is -2.21. The maximum absolute atomic E-state index is 13.0. The van der Waals surface area contributed by atoms with Crippen LogP contribution in [-0.4, -0.2) is 19.8 Å². The van der Waals surface area contributed by atoms with Crippen LogP contribution in [0.2, 0.25) is 0 Å². The minimum atomic E-state index is -5.70. The number of allylic oxidation sites excluding steroid dienone is 2. The van der Waals surface area contributed by atoms with Crippen molar-refractivity contribution in [3.8, 4) is 0 Å². The lowest BCUT2D eigenvalue weighted by Crippen LogP contribution is -2.26. The molecule has 0 N–H and O–H groups in total. The van der Waals surface area contributed by atoms with E-state index in [1.165, 1.54) is 0 Å². The van der Waals surface area contributed by atoms with Crippen molar-refractivity contribution in [3.63, 3.8) is 0 Å². The summed E-state index contributed by atoms with van der Waals surface area (Å²) in [6.07, 6.45) is 0.232. The van der Waals surface area contributed by atoms with Crippen molar-refractivity contribution in [1.29, 1.82) is 0 Å². The van der Waals surface area contributed by atoms with E-state index in [-0.39, 0.29) is 25.7 Å². The van der Waals surface area contributed by atoms with Gasteiger partial charge in [-0.15, -0.1) is 0 Å². The van der Waals surface area contributed by atoms with Crippen molar-refractivity contribution in [1.82, 2.24) is 0 Å². The molecule has 104 valence electrons. The molecule has 1 spiro atoms. The summed E-state index contributed by atoms with van der Waals surface area (Å²) in [5.41, 5.74) is -6.71. The monoisotopic (exact) mass is 292 g/mol. The van der Waals surface area contributed by atoms with Gasteiger partial charge in [-0.3, -0.25) is 0 Å². The molecule has 0 saturated heterocycles. The number of hydrogen-bond acceptors (Lipinski definition) is 3. The molecule has 1 fully saturated rings. The molecule has 3 nitrogen and oxygen atoms in total. The van der Waals surface area contributed by atoms with Gasteiger partial charge >= 0.3 is 15.6 Å². The van der Waals surface area contributed by atoms with Crippen molar-refractivity contribution in [3.05, 3.63) is 11.8 Å². The standard InChI is InChI=1S/C9H9F5O3S/c10-8(11)5-7(8)3-1-6(2-4-7)17-18(15,16)9(12,13)14/h1H,2-5H2/t7-/m0/s1. The van der Waals surface area contributed by atoms with E-state index in [2.05, 4.69) is 4.18 Å². The van der Waals surface area contributed by atoms with Crippen LogP contribution >= 0.6 is 0 Å². The Labute approximate surface area is 99.7 Å². The second-order valence-corrected chi connectivity index (χ2v) is 6.06. The lowest BCUT2D eigenvalue weighted by molar-refractivity contribution is -0.0526. The first-order valence-corrected chi connectivity index (χ1v) is 6.48. The van der Waals surface area contributed by atoms with Gasteiger partial charge in [-0.05, 0) is 18.9 Å². The second-order valence-electron chi connectivity index (χ2n) is 4.52. The maximum atomic E-state index is 13.0. The molecule has 0 aromatic rings. The Kier molecular flexibility index (Phi) is 2.70. The molecular weight excluding hydrogens is 283 g/mol. The summed E-state index contributed by atoms with van der Waals surface area (Å²) in [4.78, 5) is 0. The number of hydrogen-bond donors (Lipinski definition) is 0. The van der Waals surface area contributed by atoms with E-state index >= 15 is 0 Å². The van der Waals surface area contributed by atoms with Gasteiger partial charge in [-0.2, -0.15) is 21.6 Å². The molecule has 0 amide bonds. The van der Waals surface area contributed by atoms with Crippen LogP contribution in [0.3, 0.4) is 0 Å². The van der Waals surface area contributed by atoms with Crippen LogP contribution in [0, 0.1) is 5.41 Å². The van der Waals surface area contributed by atoms with Gasteiger partial charge in [0, 0.05) is 18.3 Å². The van der Waals surface area contributed by atoms with Gasteiger partial charge in [0.15, 0.2) is 0 Å². The highest BCUT2D eigenvalue weighted by atomic mass is 32.2. The minimum absolute atomic E-state index is 0.0702. The lowest BCUT2D eigenvalue weighted by atomic mass is 9.90. The van der Waals surface area contributed by atoms with Crippen molar-refractivity contribution < 1.29 is 34.6 Å². The topological polar surface area (TPSA) is 43.4 Å². The average molecular weight is 292 g/mol. The van der Waals surface area contributed by atoms with E-state index < -0.39 is 32.7 Å². The molecule has 0 radical (unpaired) electrons. The smallest absolute Gasteiger partial charge is 0.381 e. The fraction of sp³-hybridized carbons (Fsp3) is 0.778. The van der Waals surface area contributed by atoms with Gasteiger partial charge in [0.05, 0.1) is 0 Å². The predicted molar refractivity (Wildman–Crippen MR) is 50.0 cm³/mol. The summed E-state index contributed by atoms with van der Waals surface area (Å²) >= 11 is 0. The summed E-state index contributed by atoms with van der Waals surface area (Å²) in [7, 11) is -5.70. The zero-order valence-corrected chi connectivity index (χ0v) is 9.75. The molecule has 0 aliphatic heterocycles. The zero-order valence-electron chi connectivity index (χ0n) is 8.93.